The van der Waals surface area contributed by atoms with Crippen molar-refractivity contribution in [2.24, 2.45) is 0 Å². The Bertz CT molecular complexity index is 1500. The van der Waals surface area contributed by atoms with Crippen molar-refractivity contribution < 1.29 is 23.9 Å². The average Bonchev–Trinajstić information content (AvgIpc) is 3.00. The number of benzene rings is 4. The van der Waals surface area contributed by atoms with Crippen molar-refractivity contribution in [2.75, 3.05) is 11.5 Å². The molecule has 7 nitrogen and oxygen atoms in total. The topological polar surface area (TPSA) is 84.9 Å². The first kappa shape index (κ1) is 30.1. The third kappa shape index (κ3) is 8.30. The van der Waals surface area contributed by atoms with Gasteiger partial charge >= 0.3 is 5.97 Å². The number of hydrogen-bond acceptors (Lipinski definition) is 5. The van der Waals surface area contributed by atoms with Crippen LogP contribution in [0.1, 0.15) is 57.7 Å². The summed E-state index contributed by atoms with van der Waals surface area (Å²) in [5.41, 5.74) is 4.53. The van der Waals surface area contributed by atoms with Gasteiger partial charge in [-0.2, -0.15) is 0 Å². The second-order valence-electron chi connectivity index (χ2n) is 9.92. The molecule has 0 bridgehead atoms. The Morgan fingerprint density at radius 1 is 0.786 bits per heavy atom. The molecule has 0 aliphatic carbocycles. The van der Waals surface area contributed by atoms with E-state index in [0.717, 1.165) is 16.7 Å². The molecule has 0 radical (unpaired) electrons. The van der Waals surface area contributed by atoms with E-state index in [0.29, 0.717) is 42.1 Å². The third-order valence-corrected chi connectivity index (χ3v) is 6.62. The Kier molecular flexibility index (Phi) is 10.5. The highest BCUT2D eigenvalue weighted by Gasteiger charge is 2.20. The lowest BCUT2D eigenvalue weighted by Crippen LogP contribution is -2.38. The van der Waals surface area contributed by atoms with E-state index in [4.69, 9.17) is 9.47 Å². The Hall–Kier alpha value is -4.91. The number of nitrogens with one attached hydrogen (secondary N) is 1. The van der Waals surface area contributed by atoms with Crippen LogP contribution in [0.4, 0.5) is 5.69 Å². The zero-order valence-corrected chi connectivity index (χ0v) is 24.2. The molecule has 216 valence electrons. The molecule has 4 aromatic rings. The predicted molar refractivity (Wildman–Crippen MR) is 164 cm³/mol. The smallest absolute Gasteiger partial charge is 0.340 e. The van der Waals surface area contributed by atoms with Crippen LogP contribution in [0, 0.1) is 6.92 Å². The van der Waals surface area contributed by atoms with E-state index in [1.807, 2.05) is 81.4 Å². The first-order chi connectivity index (χ1) is 20.4. The molecule has 1 atom stereocenters. The fourth-order valence-corrected chi connectivity index (χ4v) is 4.51. The van der Waals surface area contributed by atoms with Crippen LogP contribution >= 0.6 is 0 Å². The number of carbonyl (C=O) groups is 3. The molecule has 1 N–H and O–H groups in total. The van der Waals surface area contributed by atoms with Crippen molar-refractivity contribution in [3.8, 4) is 5.75 Å². The number of amides is 2. The predicted octanol–water partition coefficient (Wildman–Crippen LogP) is 6.49. The Balaban J connectivity index is 1.47. The molecule has 0 heterocycles. The van der Waals surface area contributed by atoms with E-state index >= 15 is 0 Å². The van der Waals surface area contributed by atoms with Crippen LogP contribution in [0.25, 0.3) is 0 Å². The van der Waals surface area contributed by atoms with Crippen LogP contribution in [0.5, 0.6) is 5.75 Å². The molecule has 0 spiro atoms. The van der Waals surface area contributed by atoms with E-state index in [1.54, 1.807) is 41.3 Å². The van der Waals surface area contributed by atoms with Gasteiger partial charge in [-0.05, 0) is 67.4 Å². The highest BCUT2D eigenvalue weighted by atomic mass is 16.6. The SMILES string of the molecule is CCOc1cccc(C(=O)N(Cc2cccc(C)c2)c2ccc(CC(=O)NC(CC)OC(=O)c3ccccc3)cc2)c1. The van der Waals surface area contributed by atoms with Crippen molar-refractivity contribution in [2.45, 2.75) is 46.4 Å². The molecule has 1 unspecified atom stereocenters. The lowest BCUT2D eigenvalue weighted by Gasteiger charge is -2.24. The molecule has 2 amide bonds. The zero-order chi connectivity index (χ0) is 29.9. The number of ether oxygens (including phenoxy) is 2. The van der Waals surface area contributed by atoms with Gasteiger partial charge < -0.3 is 19.7 Å². The summed E-state index contributed by atoms with van der Waals surface area (Å²) in [7, 11) is 0. The van der Waals surface area contributed by atoms with Crippen LogP contribution in [0.2, 0.25) is 0 Å². The zero-order valence-electron chi connectivity index (χ0n) is 24.2. The molecule has 0 saturated carbocycles. The fourth-order valence-electron chi connectivity index (χ4n) is 4.51. The van der Waals surface area contributed by atoms with Crippen molar-refractivity contribution in [3.63, 3.8) is 0 Å². The van der Waals surface area contributed by atoms with Crippen LogP contribution in [-0.4, -0.2) is 30.6 Å². The summed E-state index contributed by atoms with van der Waals surface area (Å²) in [5.74, 6) is -0.275. The maximum absolute atomic E-state index is 13.8. The lowest BCUT2D eigenvalue weighted by molar-refractivity contribution is -0.123. The molecule has 0 saturated heterocycles. The summed E-state index contributed by atoms with van der Waals surface area (Å²) >= 11 is 0. The Morgan fingerprint density at radius 2 is 1.50 bits per heavy atom. The van der Waals surface area contributed by atoms with Crippen LogP contribution in [-0.2, 0) is 22.5 Å². The van der Waals surface area contributed by atoms with Crippen LogP contribution in [0.15, 0.2) is 103 Å². The van der Waals surface area contributed by atoms with Gasteiger partial charge in [-0.3, -0.25) is 9.59 Å². The number of hydrogen-bond donors (Lipinski definition) is 1. The molecule has 4 rings (SSSR count). The fraction of sp³-hybridized carbons (Fsp3) is 0.229. The highest BCUT2D eigenvalue weighted by Crippen LogP contribution is 2.24. The van der Waals surface area contributed by atoms with Crippen LogP contribution in [0.3, 0.4) is 0 Å². The molecule has 0 aliphatic rings. The van der Waals surface area contributed by atoms with Gasteiger partial charge in [0.1, 0.15) is 5.75 Å². The molecular weight excluding hydrogens is 528 g/mol. The van der Waals surface area contributed by atoms with Gasteiger partial charge in [0.05, 0.1) is 25.1 Å². The van der Waals surface area contributed by atoms with E-state index < -0.39 is 12.2 Å². The number of esters is 1. The molecule has 0 aliphatic heterocycles. The molecule has 0 aromatic heterocycles. The van der Waals surface area contributed by atoms with Crippen molar-refractivity contribution in [1.29, 1.82) is 0 Å². The monoisotopic (exact) mass is 564 g/mol. The summed E-state index contributed by atoms with van der Waals surface area (Å²) in [6, 6.07) is 31.2. The molecule has 42 heavy (non-hydrogen) atoms. The lowest BCUT2D eigenvalue weighted by atomic mass is 10.1. The minimum atomic E-state index is -0.737. The summed E-state index contributed by atoms with van der Waals surface area (Å²) in [4.78, 5) is 40.7. The number of rotatable bonds is 12. The maximum atomic E-state index is 13.8. The van der Waals surface area contributed by atoms with Gasteiger partial charge in [-0.1, -0.05) is 73.2 Å². The standard InChI is InChI=1S/C35H36N2O5/c1-4-33(42-35(40)28-13-7-6-8-14-28)36-32(38)22-26-17-19-30(20-18-26)37(24-27-12-9-11-25(3)21-27)34(39)29-15-10-16-31(23-29)41-5-2/h6-21,23,33H,4-5,22,24H2,1-3H3,(H,36,38). The Labute approximate surface area is 247 Å². The van der Waals surface area contributed by atoms with Crippen molar-refractivity contribution >= 4 is 23.5 Å². The molecule has 7 heteroatoms. The minimum Gasteiger partial charge on any atom is -0.494 e. The number of anilines is 1. The van der Waals surface area contributed by atoms with E-state index in [2.05, 4.69) is 11.4 Å². The van der Waals surface area contributed by atoms with E-state index in [9.17, 15) is 14.4 Å². The van der Waals surface area contributed by atoms with Gasteiger partial charge in [-0.25, -0.2) is 4.79 Å². The number of nitrogens with zero attached hydrogens (tertiary/aromatic N) is 1. The van der Waals surface area contributed by atoms with E-state index in [-0.39, 0.29) is 18.2 Å². The Morgan fingerprint density at radius 3 is 2.19 bits per heavy atom. The minimum absolute atomic E-state index is 0.0991. The maximum Gasteiger partial charge on any atom is 0.340 e. The summed E-state index contributed by atoms with van der Waals surface area (Å²) in [5, 5.41) is 2.79. The second kappa shape index (κ2) is 14.6. The van der Waals surface area contributed by atoms with Crippen molar-refractivity contribution in [3.05, 3.63) is 131 Å². The van der Waals surface area contributed by atoms with Gasteiger partial charge in [0, 0.05) is 17.7 Å². The average molecular weight is 565 g/mol. The van der Waals surface area contributed by atoms with E-state index in [1.165, 1.54) is 0 Å². The molecule has 0 fully saturated rings. The first-order valence-corrected chi connectivity index (χ1v) is 14.1. The number of carbonyl (C=O) groups excluding carboxylic acids is 3. The van der Waals surface area contributed by atoms with Gasteiger partial charge in [-0.15, -0.1) is 0 Å². The summed E-state index contributed by atoms with van der Waals surface area (Å²) in [6.07, 6.45) is -0.203. The van der Waals surface area contributed by atoms with Gasteiger partial charge in [0.2, 0.25) is 5.91 Å². The third-order valence-electron chi connectivity index (χ3n) is 6.62. The second-order valence-corrected chi connectivity index (χ2v) is 9.92. The summed E-state index contributed by atoms with van der Waals surface area (Å²) < 4.78 is 11.1. The van der Waals surface area contributed by atoms with Crippen molar-refractivity contribution in [1.82, 2.24) is 5.32 Å². The normalized spacial score (nSPS) is 11.3. The first-order valence-electron chi connectivity index (χ1n) is 14.1. The van der Waals surface area contributed by atoms with Gasteiger partial charge in [0.15, 0.2) is 6.23 Å². The molecular formula is C35H36N2O5. The largest absolute Gasteiger partial charge is 0.494 e. The molecule has 4 aromatic carbocycles. The van der Waals surface area contributed by atoms with Gasteiger partial charge in [0.25, 0.3) is 5.91 Å². The highest BCUT2D eigenvalue weighted by molar-refractivity contribution is 6.06. The summed E-state index contributed by atoms with van der Waals surface area (Å²) in [6.45, 7) is 6.65. The quantitative estimate of drug-likeness (QED) is 0.157. The van der Waals surface area contributed by atoms with Crippen LogP contribution < -0.4 is 15.0 Å². The number of aryl methyl sites for hydroxylation is 1.